The quantitative estimate of drug-likeness (QED) is 0.287. The predicted molar refractivity (Wildman–Crippen MR) is 81.0 cm³/mol. The van der Waals surface area contributed by atoms with Crippen LogP contribution in [0.5, 0.6) is 0 Å². The van der Waals surface area contributed by atoms with Gasteiger partial charge in [0.15, 0.2) is 0 Å². The SMILES string of the molecule is N=C(N)NN=C(CCC(F)(F)C(F)(F)F)c1cc(Cl)ccc1Br. The number of hydrazone groups is 1. The Kier molecular flexibility index (Phi) is 6.34. The molecule has 4 nitrogen and oxygen atoms in total. The Balaban J connectivity index is 3.10. The minimum absolute atomic E-state index is 0.154. The lowest BCUT2D eigenvalue weighted by molar-refractivity contribution is -0.283. The summed E-state index contributed by atoms with van der Waals surface area (Å²) in [5.74, 6) is -5.46. The zero-order valence-corrected chi connectivity index (χ0v) is 13.7. The maximum Gasteiger partial charge on any atom is 0.453 e. The number of rotatable bonds is 5. The summed E-state index contributed by atoms with van der Waals surface area (Å²) in [6.07, 6.45) is -7.88. The first-order valence-corrected chi connectivity index (χ1v) is 7.17. The van der Waals surface area contributed by atoms with Gasteiger partial charge in [0.25, 0.3) is 0 Å². The van der Waals surface area contributed by atoms with E-state index in [0.717, 1.165) is 0 Å². The van der Waals surface area contributed by atoms with E-state index in [0.29, 0.717) is 4.47 Å². The topological polar surface area (TPSA) is 74.3 Å². The molecule has 0 fully saturated rings. The molecule has 0 aliphatic carbocycles. The second kappa shape index (κ2) is 7.43. The van der Waals surface area contributed by atoms with Crippen molar-refractivity contribution in [3.8, 4) is 0 Å². The van der Waals surface area contributed by atoms with Gasteiger partial charge in [-0.15, -0.1) is 0 Å². The highest BCUT2D eigenvalue weighted by Gasteiger charge is 2.56. The van der Waals surface area contributed by atoms with Gasteiger partial charge >= 0.3 is 12.1 Å². The molecule has 11 heteroatoms. The summed E-state index contributed by atoms with van der Waals surface area (Å²) in [6, 6.07) is 4.33. The Bertz CT molecular complexity index is 618. The zero-order chi connectivity index (χ0) is 17.8. The molecule has 0 radical (unpaired) electrons. The summed E-state index contributed by atoms with van der Waals surface area (Å²) in [6.45, 7) is 0. The Morgan fingerprint density at radius 1 is 1.30 bits per heavy atom. The summed E-state index contributed by atoms with van der Waals surface area (Å²) >= 11 is 8.93. The molecular formula is C12H11BrClF5N4. The van der Waals surface area contributed by atoms with Crippen LogP contribution in [0.4, 0.5) is 22.0 Å². The van der Waals surface area contributed by atoms with E-state index in [2.05, 4.69) is 21.0 Å². The van der Waals surface area contributed by atoms with Crippen LogP contribution in [0, 0.1) is 5.41 Å². The molecule has 23 heavy (non-hydrogen) atoms. The van der Waals surface area contributed by atoms with Crippen molar-refractivity contribution < 1.29 is 22.0 Å². The van der Waals surface area contributed by atoms with Gasteiger partial charge in [0.1, 0.15) is 0 Å². The molecule has 0 atom stereocenters. The van der Waals surface area contributed by atoms with Crippen molar-refractivity contribution in [3.05, 3.63) is 33.3 Å². The molecule has 0 bridgehead atoms. The molecule has 1 aromatic rings. The highest BCUT2D eigenvalue weighted by atomic mass is 79.9. The predicted octanol–water partition coefficient (Wildman–Crippen LogP) is 4.27. The third-order valence-electron chi connectivity index (χ3n) is 2.64. The molecule has 0 amide bonds. The first-order chi connectivity index (χ1) is 10.4. The molecular weight excluding hydrogens is 411 g/mol. The van der Waals surface area contributed by atoms with Gasteiger partial charge < -0.3 is 5.73 Å². The van der Waals surface area contributed by atoms with Crippen molar-refractivity contribution in [1.82, 2.24) is 5.43 Å². The standard InChI is InChI=1S/C12H11BrClF5N4/c13-8-2-1-6(14)5-7(8)9(22-23-10(20)21)3-4-11(15,16)12(17,18)19/h1-2,5H,3-4H2,(H4,20,21,23). The van der Waals surface area contributed by atoms with Crippen molar-refractivity contribution in [1.29, 1.82) is 5.41 Å². The molecule has 0 heterocycles. The lowest BCUT2D eigenvalue weighted by Crippen LogP contribution is -2.37. The fourth-order valence-corrected chi connectivity index (χ4v) is 2.16. The van der Waals surface area contributed by atoms with Crippen LogP contribution in [-0.4, -0.2) is 23.8 Å². The molecule has 4 N–H and O–H groups in total. The van der Waals surface area contributed by atoms with Gasteiger partial charge in [-0.1, -0.05) is 27.5 Å². The molecule has 0 aliphatic heterocycles. The molecule has 1 aromatic carbocycles. The average molecular weight is 422 g/mol. The molecule has 0 aliphatic rings. The van der Waals surface area contributed by atoms with Crippen molar-refractivity contribution in [3.63, 3.8) is 0 Å². The van der Waals surface area contributed by atoms with Crippen LogP contribution in [0.25, 0.3) is 0 Å². The second-order valence-electron chi connectivity index (χ2n) is 4.41. The second-order valence-corrected chi connectivity index (χ2v) is 5.70. The fourth-order valence-electron chi connectivity index (χ4n) is 1.51. The van der Waals surface area contributed by atoms with E-state index >= 15 is 0 Å². The molecule has 0 aromatic heterocycles. The third-order valence-corrected chi connectivity index (χ3v) is 3.57. The summed E-state index contributed by atoms with van der Waals surface area (Å²) in [7, 11) is 0. The number of hydrogen-bond donors (Lipinski definition) is 3. The molecule has 0 spiro atoms. The molecule has 1 rings (SSSR count). The normalized spacial score (nSPS) is 13.1. The Labute approximate surface area is 141 Å². The van der Waals surface area contributed by atoms with Crippen LogP contribution >= 0.6 is 27.5 Å². The Morgan fingerprint density at radius 2 is 1.91 bits per heavy atom. The first kappa shape index (κ1) is 19.6. The summed E-state index contributed by atoms with van der Waals surface area (Å²) in [5.41, 5.74) is 7.12. The van der Waals surface area contributed by atoms with Crippen LogP contribution in [0.1, 0.15) is 18.4 Å². The molecule has 0 saturated heterocycles. The first-order valence-electron chi connectivity index (χ1n) is 6.00. The highest BCUT2D eigenvalue weighted by Crippen LogP contribution is 2.39. The van der Waals surface area contributed by atoms with Gasteiger partial charge in [0.05, 0.1) is 5.71 Å². The molecule has 0 unspecified atom stereocenters. The van der Waals surface area contributed by atoms with Crippen molar-refractivity contribution in [2.75, 3.05) is 0 Å². The number of halogens is 7. The van der Waals surface area contributed by atoms with Crippen molar-refractivity contribution in [2.45, 2.75) is 24.9 Å². The smallest absolute Gasteiger partial charge is 0.369 e. The number of alkyl halides is 5. The van der Waals surface area contributed by atoms with Crippen LogP contribution in [0.15, 0.2) is 27.8 Å². The Hall–Kier alpha value is -1.42. The van der Waals surface area contributed by atoms with E-state index in [1.807, 2.05) is 5.43 Å². The number of nitrogens with two attached hydrogens (primary N) is 1. The minimum Gasteiger partial charge on any atom is -0.369 e. The summed E-state index contributed by atoms with van der Waals surface area (Å²) in [5, 5.41) is 10.8. The van der Waals surface area contributed by atoms with E-state index in [-0.39, 0.29) is 16.3 Å². The summed E-state index contributed by atoms with van der Waals surface area (Å²) in [4.78, 5) is 0. The lowest BCUT2D eigenvalue weighted by atomic mass is 10.0. The van der Waals surface area contributed by atoms with E-state index in [1.165, 1.54) is 18.2 Å². The van der Waals surface area contributed by atoms with Gasteiger partial charge in [0.2, 0.25) is 5.96 Å². The van der Waals surface area contributed by atoms with Gasteiger partial charge in [-0.05, 0) is 24.6 Å². The van der Waals surface area contributed by atoms with Crippen LogP contribution < -0.4 is 11.2 Å². The van der Waals surface area contributed by atoms with E-state index in [4.69, 9.17) is 22.7 Å². The largest absolute Gasteiger partial charge is 0.453 e. The van der Waals surface area contributed by atoms with Crippen molar-refractivity contribution >= 4 is 39.2 Å². The third kappa shape index (κ3) is 5.61. The fraction of sp³-hybridized carbons (Fsp3) is 0.333. The van der Waals surface area contributed by atoms with Gasteiger partial charge in [0, 0.05) is 21.5 Å². The number of hydrogen-bond acceptors (Lipinski definition) is 2. The molecule has 0 saturated carbocycles. The number of nitrogens with zero attached hydrogens (tertiary/aromatic N) is 1. The highest BCUT2D eigenvalue weighted by molar-refractivity contribution is 9.10. The number of benzene rings is 1. The van der Waals surface area contributed by atoms with Gasteiger partial charge in [-0.25, -0.2) is 5.43 Å². The monoisotopic (exact) mass is 420 g/mol. The van der Waals surface area contributed by atoms with E-state index in [9.17, 15) is 22.0 Å². The summed E-state index contributed by atoms with van der Waals surface area (Å²) < 4.78 is 63.3. The molecule has 128 valence electrons. The van der Waals surface area contributed by atoms with Crippen LogP contribution in [0.3, 0.4) is 0 Å². The van der Waals surface area contributed by atoms with Crippen molar-refractivity contribution in [2.24, 2.45) is 10.8 Å². The lowest BCUT2D eigenvalue weighted by Gasteiger charge is -2.20. The van der Waals surface area contributed by atoms with Crippen LogP contribution in [-0.2, 0) is 0 Å². The zero-order valence-electron chi connectivity index (χ0n) is 11.3. The Morgan fingerprint density at radius 3 is 2.43 bits per heavy atom. The van der Waals surface area contributed by atoms with Crippen LogP contribution in [0.2, 0.25) is 5.02 Å². The number of nitrogens with one attached hydrogen (secondary N) is 2. The average Bonchev–Trinajstić information content (AvgIpc) is 2.40. The van der Waals surface area contributed by atoms with E-state index < -0.39 is 30.9 Å². The van der Waals surface area contributed by atoms with Gasteiger partial charge in [-0.2, -0.15) is 27.1 Å². The van der Waals surface area contributed by atoms with E-state index in [1.54, 1.807) is 0 Å². The maximum atomic E-state index is 13.1. The maximum absolute atomic E-state index is 13.1. The van der Waals surface area contributed by atoms with Gasteiger partial charge in [-0.3, -0.25) is 5.41 Å². The number of guanidine groups is 1. The minimum atomic E-state index is -5.66.